The van der Waals surface area contributed by atoms with Gasteiger partial charge in [-0.15, -0.1) is 0 Å². The molecule has 0 bridgehead atoms. The van der Waals surface area contributed by atoms with E-state index in [4.69, 9.17) is 19.9 Å². The van der Waals surface area contributed by atoms with Gasteiger partial charge >= 0.3 is 18.0 Å². The van der Waals surface area contributed by atoms with Crippen molar-refractivity contribution >= 4 is 23.7 Å². The van der Waals surface area contributed by atoms with Crippen molar-refractivity contribution in [2.24, 2.45) is 5.73 Å². The van der Waals surface area contributed by atoms with E-state index in [1.165, 1.54) is 9.80 Å². The molecule has 40 heavy (non-hydrogen) atoms. The zero-order chi connectivity index (χ0) is 28.2. The zero-order valence-electron chi connectivity index (χ0n) is 22.3. The summed E-state index contributed by atoms with van der Waals surface area (Å²) in [5.74, 6) is -1.06. The van der Waals surface area contributed by atoms with Crippen LogP contribution in [0.3, 0.4) is 0 Å². The van der Waals surface area contributed by atoms with Gasteiger partial charge in [0.25, 0.3) is 0 Å². The van der Waals surface area contributed by atoms with Crippen LogP contribution in [-0.2, 0) is 14.2 Å². The van der Waals surface area contributed by atoms with Crippen molar-refractivity contribution < 1.29 is 28.6 Å². The van der Waals surface area contributed by atoms with Gasteiger partial charge in [-0.25, -0.2) is 14.4 Å². The van der Waals surface area contributed by atoms with Gasteiger partial charge < -0.3 is 19.9 Å². The molecule has 4 atom stereocenters. The molecule has 0 saturated carbocycles. The average molecular weight is 542 g/mol. The van der Waals surface area contributed by atoms with E-state index < -0.39 is 36.5 Å². The molecule has 9 heteroatoms. The quantitative estimate of drug-likeness (QED) is 0.435. The second kappa shape index (κ2) is 11.7. The summed E-state index contributed by atoms with van der Waals surface area (Å²) in [4.78, 5) is 42.2. The first-order valence-electron chi connectivity index (χ1n) is 13.1. The lowest BCUT2D eigenvalue weighted by atomic mass is 10.1. The van der Waals surface area contributed by atoms with Gasteiger partial charge in [-0.2, -0.15) is 0 Å². The Kier molecular flexibility index (Phi) is 7.95. The fourth-order valence-electron chi connectivity index (χ4n) is 4.72. The smallest absolute Gasteiger partial charge is 0.338 e. The van der Waals surface area contributed by atoms with Crippen LogP contribution >= 0.6 is 0 Å². The lowest BCUT2D eigenvalue weighted by Gasteiger charge is -2.40. The van der Waals surface area contributed by atoms with Gasteiger partial charge in [0.15, 0.2) is 0 Å². The van der Waals surface area contributed by atoms with Crippen molar-refractivity contribution in [2.75, 3.05) is 11.5 Å². The first kappa shape index (κ1) is 27.1. The number of nitrogens with two attached hydrogens (primary N) is 1. The maximum Gasteiger partial charge on any atom is 0.338 e. The van der Waals surface area contributed by atoms with Gasteiger partial charge in [0, 0.05) is 18.3 Å². The predicted molar refractivity (Wildman–Crippen MR) is 148 cm³/mol. The normalized spacial score (nSPS) is 22.6. The number of benzene rings is 3. The Morgan fingerprint density at radius 2 is 1.50 bits per heavy atom. The second-order valence-corrected chi connectivity index (χ2v) is 9.85. The number of aryl methyl sites for hydroxylation is 1. The number of carbonyl (C=O) groups is 3. The van der Waals surface area contributed by atoms with Crippen molar-refractivity contribution in [1.82, 2.24) is 4.90 Å². The Balaban J connectivity index is 1.37. The summed E-state index contributed by atoms with van der Waals surface area (Å²) in [5, 5.41) is 0. The number of rotatable bonds is 7. The lowest BCUT2D eigenvalue weighted by Crippen LogP contribution is -2.57. The highest BCUT2D eigenvalue weighted by Gasteiger charge is 2.45. The van der Waals surface area contributed by atoms with Crippen molar-refractivity contribution in [1.29, 1.82) is 0 Å². The maximum atomic E-state index is 13.7. The van der Waals surface area contributed by atoms with Crippen molar-refractivity contribution in [2.45, 2.75) is 44.9 Å². The molecule has 0 aromatic heterocycles. The molecule has 2 N–H and O–H groups in total. The Morgan fingerprint density at radius 1 is 0.900 bits per heavy atom. The molecule has 2 aliphatic heterocycles. The standard InChI is InChI=1S/C31H31N3O6/c1-20-13-15-24(16-14-20)34-28(32)21(2)18-33(31(34)37)27-17-25(40-30(36)23-11-7-4-8-12-23)26(39-27)19-38-29(35)22-9-5-3-6-10-22/h3-16,18,25-28H,17,19,32H2,1-2H3/t25?,26-,27-,28?/m0/s1. The summed E-state index contributed by atoms with van der Waals surface area (Å²) in [6.07, 6.45) is -1.16. The highest BCUT2D eigenvalue weighted by molar-refractivity contribution is 5.95. The highest BCUT2D eigenvalue weighted by Crippen LogP contribution is 2.33. The molecule has 0 radical (unpaired) electrons. The van der Waals surface area contributed by atoms with E-state index >= 15 is 0 Å². The molecular formula is C31H31N3O6. The van der Waals surface area contributed by atoms with Crippen LogP contribution in [0.25, 0.3) is 0 Å². The Hall–Kier alpha value is -4.47. The number of hydrogen-bond donors (Lipinski definition) is 1. The summed E-state index contributed by atoms with van der Waals surface area (Å²) in [7, 11) is 0. The molecule has 0 aliphatic carbocycles. The Morgan fingerprint density at radius 3 is 2.12 bits per heavy atom. The molecule has 206 valence electrons. The lowest BCUT2D eigenvalue weighted by molar-refractivity contribution is -0.0637. The topological polar surface area (TPSA) is 111 Å². The number of anilines is 1. The molecule has 0 spiro atoms. The highest BCUT2D eigenvalue weighted by atomic mass is 16.6. The van der Waals surface area contributed by atoms with Gasteiger partial charge in [-0.05, 0) is 55.8 Å². The van der Waals surface area contributed by atoms with Crippen molar-refractivity contribution in [3.8, 4) is 0 Å². The Labute approximate surface area is 232 Å². The number of carbonyl (C=O) groups excluding carboxylic acids is 3. The van der Waals surface area contributed by atoms with Crippen LogP contribution in [0.1, 0.15) is 39.6 Å². The van der Waals surface area contributed by atoms with Gasteiger partial charge in [-0.3, -0.25) is 9.80 Å². The molecule has 1 fully saturated rings. The van der Waals surface area contributed by atoms with Crippen LogP contribution in [0.2, 0.25) is 0 Å². The van der Waals surface area contributed by atoms with Crippen molar-refractivity contribution in [3.05, 3.63) is 113 Å². The molecule has 5 rings (SSSR count). The second-order valence-electron chi connectivity index (χ2n) is 9.85. The van der Waals surface area contributed by atoms with E-state index in [-0.39, 0.29) is 19.1 Å². The van der Waals surface area contributed by atoms with E-state index in [0.717, 1.165) is 11.1 Å². The summed E-state index contributed by atoms with van der Waals surface area (Å²) < 4.78 is 17.6. The molecule has 3 aromatic rings. The number of hydrogen-bond acceptors (Lipinski definition) is 7. The monoisotopic (exact) mass is 541 g/mol. The molecule has 2 amide bonds. The molecule has 2 aliphatic rings. The van der Waals surface area contributed by atoms with Crippen LogP contribution in [0.5, 0.6) is 0 Å². The van der Waals surface area contributed by atoms with E-state index in [1.54, 1.807) is 66.9 Å². The Bertz CT molecular complexity index is 1390. The van der Waals surface area contributed by atoms with Crippen LogP contribution in [0.4, 0.5) is 10.5 Å². The fraction of sp³-hybridized carbons (Fsp3) is 0.258. The minimum absolute atomic E-state index is 0.164. The first-order chi connectivity index (χ1) is 19.3. The molecule has 2 unspecified atom stereocenters. The van der Waals surface area contributed by atoms with Crippen molar-refractivity contribution in [3.63, 3.8) is 0 Å². The minimum Gasteiger partial charge on any atom is -0.459 e. The van der Waals surface area contributed by atoms with Gasteiger partial charge in [0.05, 0.1) is 11.1 Å². The van der Waals surface area contributed by atoms with Crippen LogP contribution in [0, 0.1) is 6.92 Å². The number of amides is 2. The molecule has 9 nitrogen and oxygen atoms in total. The number of urea groups is 1. The van der Waals surface area contributed by atoms with Gasteiger partial charge in [-0.1, -0.05) is 54.1 Å². The largest absolute Gasteiger partial charge is 0.459 e. The number of esters is 2. The van der Waals surface area contributed by atoms with Gasteiger partial charge in [0.2, 0.25) is 0 Å². The van der Waals surface area contributed by atoms with E-state index in [0.29, 0.717) is 16.8 Å². The fourth-order valence-corrected chi connectivity index (χ4v) is 4.72. The molecule has 1 saturated heterocycles. The number of ether oxygens (including phenoxy) is 3. The number of nitrogens with zero attached hydrogens (tertiary/aromatic N) is 2. The third kappa shape index (κ3) is 5.75. The summed E-state index contributed by atoms with van der Waals surface area (Å²) >= 11 is 0. The minimum atomic E-state index is -0.796. The third-order valence-electron chi connectivity index (χ3n) is 6.97. The predicted octanol–water partition coefficient (Wildman–Crippen LogP) is 4.62. The van der Waals surface area contributed by atoms with E-state index in [9.17, 15) is 14.4 Å². The van der Waals surface area contributed by atoms with E-state index in [1.807, 2.05) is 38.1 Å². The first-order valence-corrected chi connectivity index (χ1v) is 13.1. The summed E-state index contributed by atoms with van der Waals surface area (Å²) in [5.41, 5.74) is 9.64. The maximum absolute atomic E-state index is 13.7. The van der Waals surface area contributed by atoms with Crippen LogP contribution in [0.15, 0.2) is 96.7 Å². The average Bonchev–Trinajstić information content (AvgIpc) is 3.37. The summed E-state index contributed by atoms with van der Waals surface area (Å²) in [6, 6.07) is 24.3. The molecule has 3 aromatic carbocycles. The van der Waals surface area contributed by atoms with Crippen LogP contribution < -0.4 is 10.6 Å². The SMILES string of the molecule is CC1=CN([C@@H]2CC(OC(=O)c3ccccc3)[C@H](COC(=O)c3ccccc3)O2)C(=O)N(c2ccc(C)cc2)C1N. The zero-order valence-corrected chi connectivity index (χ0v) is 22.3. The molecular weight excluding hydrogens is 510 g/mol. The van der Waals surface area contributed by atoms with Crippen LogP contribution in [-0.4, -0.2) is 54.1 Å². The third-order valence-corrected chi connectivity index (χ3v) is 6.97. The molecule has 2 heterocycles. The van der Waals surface area contributed by atoms with Gasteiger partial charge in [0.1, 0.15) is 31.2 Å². The summed E-state index contributed by atoms with van der Waals surface area (Å²) in [6.45, 7) is 3.64. The van der Waals surface area contributed by atoms with E-state index in [2.05, 4.69) is 0 Å².